The number of anilines is 1. The van der Waals surface area contributed by atoms with Gasteiger partial charge in [-0.25, -0.2) is 4.98 Å². The van der Waals surface area contributed by atoms with Crippen molar-refractivity contribution >= 4 is 28.2 Å². The SMILES string of the molecule is CN(CCOc1ccc(CC2CSCN2)cc1)c1nccs1. The van der Waals surface area contributed by atoms with Crippen LogP contribution in [0.2, 0.25) is 0 Å². The van der Waals surface area contributed by atoms with Gasteiger partial charge in [-0.05, 0) is 24.1 Å². The lowest BCUT2D eigenvalue weighted by Crippen LogP contribution is -2.25. The van der Waals surface area contributed by atoms with Gasteiger partial charge in [-0.15, -0.1) is 23.1 Å². The van der Waals surface area contributed by atoms with Crippen LogP contribution >= 0.6 is 23.1 Å². The maximum Gasteiger partial charge on any atom is 0.185 e. The fourth-order valence-electron chi connectivity index (χ4n) is 2.37. The summed E-state index contributed by atoms with van der Waals surface area (Å²) in [6, 6.07) is 9.10. The summed E-state index contributed by atoms with van der Waals surface area (Å²) in [5.74, 6) is 3.23. The molecule has 22 heavy (non-hydrogen) atoms. The Morgan fingerprint density at radius 2 is 2.23 bits per heavy atom. The van der Waals surface area contributed by atoms with Crippen LogP contribution in [0.1, 0.15) is 5.56 Å². The summed E-state index contributed by atoms with van der Waals surface area (Å²) in [6.07, 6.45) is 2.92. The van der Waals surface area contributed by atoms with Crippen molar-refractivity contribution in [1.82, 2.24) is 10.3 Å². The molecule has 1 unspecified atom stereocenters. The molecule has 0 aliphatic carbocycles. The zero-order valence-electron chi connectivity index (χ0n) is 12.7. The Hall–Kier alpha value is -1.24. The molecular formula is C16H21N3OS2. The molecule has 3 rings (SSSR count). The van der Waals surface area contributed by atoms with E-state index in [1.54, 1.807) is 11.3 Å². The third-order valence-corrected chi connectivity index (χ3v) is 5.53. The van der Waals surface area contributed by atoms with E-state index in [2.05, 4.69) is 39.5 Å². The number of thioether (sulfide) groups is 1. The van der Waals surface area contributed by atoms with E-state index < -0.39 is 0 Å². The Morgan fingerprint density at radius 1 is 1.36 bits per heavy atom. The van der Waals surface area contributed by atoms with E-state index in [1.807, 2.05) is 30.4 Å². The van der Waals surface area contributed by atoms with E-state index in [1.165, 1.54) is 11.3 Å². The number of thiazole rings is 1. The fourth-order valence-corrected chi connectivity index (χ4v) is 4.00. The van der Waals surface area contributed by atoms with Gasteiger partial charge in [-0.3, -0.25) is 0 Å². The van der Waals surface area contributed by atoms with Crippen LogP contribution in [0.5, 0.6) is 5.75 Å². The van der Waals surface area contributed by atoms with Crippen LogP contribution in [0.4, 0.5) is 5.13 Å². The highest BCUT2D eigenvalue weighted by Gasteiger charge is 2.14. The van der Waals surface area contributed by atoms with Crippen molar-refractivity contribution < 1.29 is 4.74 Å². The minimum Gasteiger partial charge on any atom is -0.492 e. The third-order valence-electron chi connectivity index (χ3n) is 3.64. The van der Waals surface area contributed by atoms with Gasteiger partial charge in [0.15, 0.2) is 5.13 Å². The van der Waals surface area contributed by atoms with Crippen LogP contribution in [0.3, 0.4) is 0 Å². The van der Waals surface area contributed by atoms with Crippen molar-refractivity contribution in [3.63, 3.8) is 0 Å². The van der Waals surface area contributed by atoms with Crippen LogP contribution in [0.15, 0.2) is 35.8 Å². The lowest BCUT2D eigenvalue weighted by Gasteiger charge is -2.16. The molecule has 6 heteroatoms. The van der Waals surface area contributed by atoms with Crippen LogP contribution in [0, 0.1) is 0 Å². The van der Waals surface area contributed by atoms with E-state index in [-0.39, 0.29) is 0 Å². The minimum atomic E-state index is 0.615. The number of benzene rings is 1. The van der Waals surface area contributed by atoms with Crippen LogP contribution in [-0.2, 0) is 6.42 Å². The van der Waals surface area contributed by atoms with E-state index in [0.29, 0.717) is 12.6 Å². The predicted octanol–water partition coefficient (Wildman–Crippen LogP) is 2.86. The molecule has 1 fully saturated rings. The molecule has 1 aliphatic rings. The summed E-state index contributed by atoms with van der Waals surface area (Å²) in [6.45, 7) is 1.49. The maximum atomic E-state index is 5.82. The van der Waals surface area contributed by atoms with E-state index in [9.17, 15) is 0 Å². The summed E-state index contributed by atoms with van der Waals surface area (Å²) in [7, 11) is 2.04. The molecule has 1 aliphatic heterocycles. The fraction of sp³-hybridized carbons (Fsp3) is 0.438. The number of aromatic nitrogens is 1. The average molecular weight is 335 g/mol. The normalized spacial score (nSPS) is 17.6. The first kappa shape index (κ1) is 15.6. The topological polar surface area (TPSA) is 37.4 Å². The molecule has 0 radical (unpaired) electrons. The summed E-state index contributed by atoms with van der Waals surface area (Å²) in [5, 5.41) is 6.52. The molecule has 1 N–H and O–H groups in total. The maximum absolute atomic E-state index is 5.82. The molecule has 2 aromatic rings. The van der Waals surface area contributed by atoms with Crippen molar-refractivity contribution in [2.45, 2.75) is 12.5 Å². The second kappa shape index (κ2) is 7.85. The van der Waals surface area contributed by atoms with Crippen LogP contribution < -0.4 is 15.0 Å². The Morgan fingerprint density at radius 3 is 2.91 bits per heavy atom. The molecule has 118 valence electrons. The molecule has 0 amide bonds. The van der Waals surface area contributed by atoms with Gasteiger partial charge in [0.25, 0.3) is 0 Å². The highest BCUT2D eigenvalue weighted by atomic mass is 32.2. The molecule has 0 bridgehead atoms. The zero-order chi connectivity index (χ0) is 15.2. The number of likely N-dealkylation sites (N-methyl/N-ethyl adjacent to an activating group) is 1. The van der Waals surface area contributed by atoms with Crippen molar-refractivity contribution in [2.24, 2.45) is 0 Å². The van der Waals surface area contributed by atoms with Gasteiger partial charge < -0.3 is 15.0 Å². The Labute approximate surface area is 139 Å². The van der Waals surface area contributed by atoms with Crippen molar-refractivity contribution in [3.05, 3.63) is 41.4 Å². The van der Waals surface area contributed by atoms with Gasteiger partial charge >= 0.3 is 0 Å². The number of nitrogens with one attached hydrogen (secondary N) is 1. The molecule has 2 heterocycles. The summed E-state index contributed by atoms with van der Waals surface area (Å²) in [5.41, 5.74) is 1.37. The number of nitrogens with zero attached hydrogens (tertiary/aromatic N) is 2. The summed E-state index contributed by atoms with van der Waals surface area (Å²) >= 11 is 3.62. The summed E-state index contributed by atoms with van der Waals surface area (Å²) < 4.78 is 5.82. The van der Waals surface area contributed by atoms with Crippen molar-refractivity contribution in [1.29, 1.82) is 0 Å². The second-order valence-corrected chi connectivity index (χ2v) is 7.25. The summed E-state index contributed by atoms with van der Waals surface area (Å²) in [4.78, 5) is 6.40. The average Bonchev–Trinajstić information content (AvgIpc) is 3.22. The van der Waals surface area contributed by atoms with Crippen LogP contribution in [-0.4, -0.2) is 42.9 Å². The highest BCUT2D eigenvalue weighted by molar-refractivity contribution is 7.99. The predicted molar refractivity (Wildman–Crippen MR) is 95.3 cm³/mol. The monoisotopic (exact) mass is 335 g/mol. The lowest BCUT2D eigenvalue weighted by atomic mass is 10.1. The Balaban J connectivity index is 1.42. The molecule has 1 aromatic carbocycles. The third kappa shape index (κ3) is 4.38. The lowest BCUT2D eigenvalue weighted by molar-refractivity contribution is 0.326. The van der Waals surface area contributed by atoms with Gasteiger partial charge in [0.1, 0.15) is 12.4 Å². The number of hydrogen-bond acceptors (Lipinski definition) is 6. The smallest absolute Gasteiger partial charge is 0.185 e. The highest BCUT2D eigenvalue weighted by Crippen LogP contribution is 2.18. The Bertz CT molecular complexity index is 553. The molecule has 1 atom stereocenters. The van der Waals surface area contributed by atoms with Gasteiger partial charge in [0.05, 0.1) is 6.54 Å². The van der Waals surface area contributed by atoms with Gasteiger partial charge in [-0.2, -0.15) is 0 Å². The number of rotatable bonds is 7. The molecule has 0 saturated carbocycles. The second-order valence-electron chi connectivity index (χ2n) is 5.35. The van der Waals surface area contributed by atoms with E-state index >= 15 is 0 Å². The number of hydrogen-bond donors (Lipinski definition) is 1. The van der Waals surface area contributed by atoms with Crippen molar-refractivity contribution in [3.8, 4) is 5.75 Å². The molecule has 1 saturated heterocycles. The van der Waals surface area contributed by atoms with E-state index in [4.69, 9.17) is 4.74 Å². The standard InChI is InChI=1S/C16H21N3OS2/c1-19(16-17-6-9-22-16)7-8-20-15-4-2-13(3-5-15)10-14-11-21-12-18-14/h2-6,9,14,18H,7-8,10-12H2,1H3. The quantitative estimate of drug-likeness (QED) is 0.842. The zero-order valence-corrected chi connectivity index (χ0v) is 14.3. The minimum absolute atomic E-state index is 0.615. The molecule has 1 aromatic heterocycles. The molecule has 0 spiro atoms. The Kier molecular flexibility index (Phi) is 5.58. The largest absolute Gasteiger partial charge is 0.492 e. The van der Waals surface area contributed by atoms with Crippen molar-refractivity contribution in [2.75, 3.05) is 36.7 Å². The first-order valence-electron chi connectivity index (χ1n) is 7.45. The first-order valence-corrected chi connectivity index (χ1v) is 9.48. The van der Waals surface area contributed by atoms with E-state index in [0.717, 1.165) is 29.7 Å². The van der Waals surface area contributed by atoms with Gasteiger partial charge in [-0.1, -0.05) is 12.1 Å². The van der Waals surface area contributed by atoms with Crippen LogP contribution in [0.25, 0.3) is 0 Å². The molecule has 4 nitrogen and oxygen atoms in total. The number of ether oxygens (including phenoxy) is 1. The molecular weight excluding hydrogens is 314 g/mol. The van der Waals surface area contributed by atoms with Gasteiger partial charge in [0, 0.05) is 36.3 Å². The first-order chi connectivity index (χ1) is 10.8. The van der Waals surface area contributed by atoms with Gasteiger partial charge in [0.2, 0.25) is 0 Å².